The minimum Gasteiger partial charge on any atom is -0.495 e. The maximum atomic E-state index is 13.6. The molecule has 1 atom stereocenters. The zero-order valence-electron chi connectivity index (χ0n) is 13.9. The molecule has 2 rings (SSSR count). The van der Waals surface area contributed by atoms with Crippen molar-refractivity contribution >= 4 is 23.3 Å². The van der Waals surface area contributed by atoms with Crippen LogP contribution in [0.2, 0.25) is 0 Å². The maximum Gasteiger partial charge on any atom is 0.341 e. The van der Waals surface area contributed by atoms with E-state index in [4.69, 9.17) is 9.47 Å². The highest BCUT2D eigenvalue weighted by atomic mass is 19.1. The SMILES string of the molecule is COc1ccc([N+](=O)[O-])cc1NC(=O)[C@H](C)OC(=O)c1ccccc1F. The molecule has 2 aromatic rings. The summed E-state index contributed by atoms with van der Waals surface area (Å²) < 4.78 is 23.5. The van der Waals surface area contributed by atoms with Gasteiger partial charge < -0.3 is 14.8 Å². The lowest BCUT2D eigenvalue weighted by atomic mass is 10.2. The minimum absolute atomic E-state index is 0.0421. The van der Waals surface area contributed by atoms with Gasteiger partial charge in [-0.15, -0.1) is 0 Å². The van der Waals surface area contributed by atoms with Gasteiger partial charge in [-0.25, -0.2) is 9.18 Å². The first-order valence-corrected chi connectivity index (χ1v) is 7.42. The third-order valence-corrected chi connectivity index (χ3v) is 3.40. The van der Waals surface area contributed by atoms with Crippen LogP contribution in [0.4, 0.5) is 15.8 Å². The Balaban J connectivity index is 2.12. The first-order valence-electron chi connectivity index (χ1n) is 7.42. The molecule has 2 aromatic carbocycles. The fraction of sp³-hybridized carbons (Fsp3) is 0.176. The molecule has 0 spiro atoms. The molecule has 0 bridgehead atoms. The number of amides is 1. The Labute approximate surface area is 147 Å². The highest BCUT2D eigenvalue weighted by Crippen LogP contribution is 2.29. The van der Waals surface area contributed by atoms with E-state index in [9.17, 15) is 24.1 Å². The fourth-order valence-electron chi connectivity index (χ4n) is 2.05. The van der Waals surface area contributed by atoms with Gasteiger partial charge in [-0.05, 0) is 25.1 Å². The number of rotatable bonds is 6. The predicted octanol–water partition coefficient (Wildman–Crippen LogP) is 2.93. The fourth-order valence-corrected chi connectivity index (χ4v) is 2.05. The quantitative estimate of drug-likeness (QED) is 0.481. The van der Waals surface area contributed by atoms with Crippen LogP contribution in [-0.2, 0) is 9.53 Å². The smallest absolute Gasteiger partial charge is 0.341 e. The molecule has 1 N–H and O–H groups in total. The highest BCUT2D eigenvalue weighted by molar-refractivity contribution is 5.98. The molecule has 0 aliphatic rings. The Morgan fingerprint density at radius 1 is 1.23 bits per heavy atom. The summed E-state index contributed by atoms with van der Waals surface area (Å²) in [6.45, 7) is 1.29. The highest BCUT2D eigenvalue weighted by Gasteiger charge is 2.22. The van der Waals surface area contributed by atoms with Crippen molar-refractivity contribution in [3.63, 3.8) is 0 Å². The number of carbonyl (C=O) groups is 2. The summed E-state index contributed by atoms with van der Waals surface area (Å²) in [5, 5.41) is 13.2. The normalized spacial score (nSPS) is 11.3. The lowest BCUT2D eigenvalue weighted by Gasteiger charge is -2.15. The van der Waals surface area contributed by atoms with Crippen molar-refractivity contribution in [1.29, 1.82) is 0 Å². The number of nitrogens with zero attached hydrogens (tertiary/aromatic N) is 1. The molecule has 0 saturated carbocycles. The molecule has 0 fully saturated rings. The van der Waals surface area contributed by atoms with Gasteiger partial charge in [0.25, 0.3) is 11.6 Å². The maximum absolute atomic E-state index is 13.6. The zero-order valence-corrected chi connectivity index (χ0v) is 13.9. The van der Waals surface area contributed by atoms with Gasteiger partial charge in [0.2, 0.25) is 0 Å². The number of hydrogen-bond acceptors (Lipinski definition) is 6. The first kappa shape index (κ1) is 18.8. The molecular formula is C17H15FN2O6. The summed E-state index contributed by atoms with van der Waals surface area (Å²) in [5.74, 6) is -2.34. The van der Waals surface area contributed by atoms with Gasteiger partial charge in [0.15, 0.2) is 6.10 Å². The average Bonchev–Trinajstić information content (AvgIpc) is 2.61. The predicted molar refractivity (Wildman–Crippen MR) is 89.6 cm³/mol. The number of esters is 1. The third-order valence-electron chi connectivity index (χ3n) is 3.40. The number of benzene rings is 2. The second kappa shape index (κ2) is 8.06. The first-order chi connectivity index (χ1) is 12.3. The molecule has 0 unspecified atom stereocenters. The molecule has 26 heavy (non-hydrogen) atoms. The number of nitrogens with one attached hydrogen (secondary N) is 1. The van der Waals surface area contributed by atoms with E-state index in [0.29, 0.717) is 0 Å². The Morgan fingerprint density at radius 3 is 2.54 bits per heavy atom. The second-order valence-corrected chi connectivity index (χ2v) is 5.16. The van der Waals surface area contributed by atoms with Gasteiger partial charge in [0.05, 0.1) is 23.3 Å². The molecule has 0 saturated heterocycles. The molecule has 136 valence electrons. The number of non-ortho nitro benzene ring substituents is 1. The van der Waals surface area contributed by atoms with Crippen molar-refractivity contribution in [3.05, 3.63) is 64.0 Å². The third kappa shape index (κ3) is 4.32. The van der Waals surface area contributed by atoms with Crippen LogP contribution in [0, 0.1) is 15.9 Å². The zero-order chi connectivity index (χ0) is 19.3. The van der Waals surface area contributed by atoms with Gasteiger partial charge >= 0.3 is 5.97 Å². The Hall–Kier alpha value is -3.49. The molecule has 8 nitrogen and oxygen atoms in total. The summed E-state index contributed by atoms with van der Waals surface area (Å²) in [6.07, 6.45) is -1.27. The van der Waals surface area contributed by atoms with Crippen LogP contribution in [-0.4, -0.2) is 30.0 Å². The molecule has 0 heterocycles. The van der Waals surface area contributed by atoms with E-state index in [0.717, 1.165) is 12.1 Å². The van der Waals surface area contributed by atoms with Crippen LogP contribution in [0.3, 0.4) is 0 Å². The number of ether oxygens (including phenoxy) is 2. The topological polar surface area (TPSA) is 108 Å². The number of methoxy groups -OCH3 is 1. The van der Waals surface area contributed by atoms with E-state index in [2.05, 4.69) is 5.32 Å². The summed E-state index contributed by atoms with van der Waals surface area (Å²) in [4.78, 5) is 34.4. The van der Waals surface area contributed by atoms with Crippen molar-refractivity contribution in [2.45, 2.75) is 13.0 Å². The number of halogens is 1. The lowest BCUT2D eigenvalue weighted by Crippen LogP contribution is -2.30. The van der Waals surface area contributed by atoms with Crippen molar-refractivity contribution in [2.24, 2.45) is 0 Å². The van der Waals surface area contributed by atoms with Gasteiger partial charge in [0, 0.05) is 12.1 Å². The van der Waals surface area contributed by atoms with Crippen molar-refractivity contribution in [3.8, 4) is 5.75 Å². The van der Waals surface area contributed by atoms with Crippen LogP contribution < -0.4 is 10.1 Å². The van der Waals surface area contributed by atoms with E-state index in [-0.39, 0.29) is 22.7 Å². The van der Waals surface area contributed by atoms with Gasteiger partial charge in [-0.1, -0.05) is 12.1 Å². The van der Waals surface area contributed by atoms with Gasteiger partial charge in [0.1, 0.15) is 11.6 Å². The van der Waals surface area contributed by atoms with Crippen LogP contribution >= 0.6 is 0 Å². The lowest BCUT2D eigenvalue weighted by molar-refractivity contribution is -0.384. The van der Waals surface area contributed by atoms with E-state index < -0.39 is 28.7 Å². The molecule has 0 aromatic heterocycles. The Bertz CT molecular complexity index is 855. The summed E-state index contributed by atoms with van der Waals surface area (Å²) in [5.41, 5.74) is -0.516. The van der Waals surface area contributed by atoms with E-state index in [1.54, 1.807) is 0 Å². The number of anilines is 1. The van der Waals surface area contributed by atoms with E-state index in [1.165, 1.54) is 44.4 Å². The van der Waals surface area contributed by atoms with Gasteiger partial charge in [-0.3, -0.25) is 14.9 Å². The number of nitro benzene ring substituents is 1. The summed E-state index contributed by atoms with van der Waals surface area (Å²) in [6, 6.07) is 8.85. The minimum atomic E-state index is -1.27. The standard InChI is InChI=1S/C17H15FN2O6/c1-10(26-17(22)12-5-3-4-6-13(12)18)16(21)19-14-9-11(20(23)24)7-8-15(14)25-2/h3-10H,1-2H3,(H,19,21)/t10-/m0/s1. The number of carbonyl (C=O) groups excluding carboxylic acids is 2. The van der Waals surface area contributed by atoms with Gasteiger partial charge in [-0.2, -0.15) is 0 Å². The number of hydrogen-bond donors (Lipinski definition) is 1. The Kier molecular flexibility index (Phi) is 5.84. The molecule has 9 heteroatoms. The second-order valence-electron chi connectivity index (χ2n) is 5.16. The molecular weight excluding hydrogens is 347 g/mol. The van der Waals surface area contributed by atoms with E-state index >= 15 is 0 Å². The molecule has 0 aliphatic carbocycles. The number of nitro groups is 1. The molecule has 0 aliphatic heterocycles. The molecule has 1 amide bonds. The van der Waals surface area contributed by atoms with Crippen LogP contribution in [0.25, 0.3) is 0 Å². The van der Waals surface area contributed by atoms with Crippen molar-refractivity contribution in [2.75, 3.05) is 12.4 Å². The van der Waals surface area contributed by atoms with Crippen LogP contribution in [0.5, 0.6) is 5.75 Å². The van der Waals surface area contributed by atoms with Crippen LogP contribution in [0.1, 0.15) is 17.3 Å². The Morgan fingerprint density at radius 2 is 1.92 bits per heavy atom. The van der Waals surface area contributed by atoms with Crippen molar-refractivity contribution < 1.29 is 28.4 Å². The summed E-state index contributed by atoms with van der Waals surface area (Å²) >= 11 is 0. The largest absolute Gasteiger partial charge is 0.495 e. The van der Waals surface area contributed by atoms with Crippen LogP contribution in [0.15, 0.2) is 42.5 Å². The average molecular weight is 362 g/mol. The van der Waals surface area contributed by atoms with Crippen molar-refractivity contribution in [1.82, 2.24) is 0 Å². The summed E-state index contributed by atoms with van der Waals surface area (Å²) in [7, 11) is 1.33. The molecule has 0 radical (unpaired) electrons. The van der Waals surface area contributed by atoms with E-state index in [1.807, 2.05) is 0 Å². The monoisotopic (exact) mass is 362 g/mol.